The van der Waals surface area contributed by atoms with Crippen LogP contribution in [0, 0.1) is 5.82 Å². The maximum atomic E-state index is 13.2. The fraction of sp³-hybridized carbons (Fsp3) is 0.571. The Balaban J connectivity index is 2.08. The van der Waals surface area contributed by atoms with Crippen molar-refractivity contribution in [1.29, 1.82) is 0 Å². The molecule has 1 aromatic rings. The first kappa shape index (κ1) is 13.3. The Labute approximate surface area is 108 Å². The maximum Gasteiger partial charge on any atom is 0.123 e. The van der Waals surface area contributed by atoms with Gasteiger partial charge in [-0.3, -0.25) is 4.90 Å². The second kappa shape index (κ2) is 6.16. The number of likely N-dealkylation sites (N-methyl/N-ethyl adjacent to an activating group) is 1. The number of halogens is 1. The highest BCUT2D eigenvalue weighted by atomic mass is 19.1. The third-order valence-corrected chi connectivity index (χ3v) is 3.60. The number of benzene rings is 1. The molecule has 0 saturated carbocycles. The molecule has 1 heterocycles. The van der Waals surface area contributed by atoms with Crippen LogP contribution >= 0.6 is 0 Å². The van der Waals surface area contributed by atoms with Gasteiger partial charge in [-0.2, -0.15) is 0 Å². The van der Waals surface area contributed by atoms with Crippen molar-refractivity contribution in [3.8, 4) is 5.75 Å². The topological polar surface area (TPSA) is 35.5 Å². The molecule has 2 rings (SSSR count). The van der Waals surface area contributed by atoms with Crippen molar-refractivity contribution in [2.75, 3.05) is 20.1 Å². The smallest absolute Gasteiger partial charge is 0.123 e. The summed E-state index contributed by atoms with van der Waals surface area (Å²) in [6.45, 7) is 2.58. The Hall–Kier alpha value is -1.13. The summed E-state index contributed by atoms with van der Waals surface area (Å²) >= 11 is 0. The first-order valence-corrected chi connectivity index (χ1v) is 6.56. The van der Waals surface area contributed by atoms with Crippen molar-refractivity contribution in [1.82, 2.24) is 10.2 Å². The summed E-state index contributed by atoms with van der Waals surface area (Å²) in [5.74, 6) is -0.102. The minimum Gasteiger partial charge on any atom is -0.508 e. The number of aromatic hydroxyl groups is 1. The second-order valence-electron chi connectivity index (χ2n) is 4.95. The number of likely N-dealkylation sites (tertiary alicyclic amines) is 1. The molecular formula is C14H21FN2O. The average Bonchev–Trinajstić information content (AvgIpc) is 2.36. The van der Waals surface area contributed by atoms with Gasteiger partial charge in [-0.05, 0) is 44.6 Å². The van der Waals surface area contributed by atoms with Gasteiger partial charge in [0.25, 0.3) is 0 Å². The van der Waals surface area contributed by atoms with Crippen LogP contribution in [0.15, 0.2) is 18.2 Å². The van der Waals surface area contributed by atoms with Crippen LogP contribution < -0.4 is 5.32 Å². The predicted molar refractivity (Wildman–Crippen MR) is 70.0 cm³/mol. The SMILES string of the molecule is CNCC1CCCCN1Cc1cc(F)ccc1O. The van der Waals surface area contributed by atoms with Crippen molar-refractivity contribution >= 4 is 0 Å². The lowest BCUT2D eigenvalue weighted by Crippen LogP contribution is -2.44. The Morgan fingerprint density at radius 3 is 3.06 bits per heavy atom. The van der Waals surface area contributed by atoms with E-state index in [-0.39, 0.29) is 11.6 Å². The lowest BCUT2D eigenvalue weighted by Gasteiger charge is -2.35. The van der Waals surface area contributed by atoms with Gasteiger partial charge < -0.3 is 10.4 Å². The van der Waals surface area contributed by atoms with Crippen LogP contribution in [0.25, 0.3) is 0 Å². The van der Waals surface area contributed by atoms with Crippen LogP contribution in [0.5, 0.6) is 5.75 Å². The zero-order valence-electron chi connectivity index (χ0n) is 10.8. The highest BCUT2D eigenvalue weighted by molar-refractivity contribution is 5.32. The van der Waals surface area contributed by atoms with E-state index in [0.717, 1.165) is 19.5 Å². The predicted octanol–water partition coefficient (Wildman–Crippen LogP) is 2.11. The van der Waals surface area contributed by atoms with Crippen molar-refractivity contribution in [3.63, 3.8) is 0 Å². The van der Waals surface area contributed by atoms with Gasteiger partial charge in [0.15, 0.2) is 0 Å². The Morgan fingerprint density at radius 1 is 1.44 bits per heavy atom. The van der Waals surface area contributed by atoms with E-state index in [9.17, 15) is 9.50 Å². The number of nitrogens with one attached hydrogen (secondary N) is 1. The Morgan fingerprint density at radius 2 is 2.28 bits per heavy atom. The minimum absolute atomic E-state index is 0.185. The lowest BCUT2D eigenvalue weighted by atomic mass is 10.0. The Bertz CT molecular complexity index is 395. The standard InChI is InChI=1S/C14H21FN2O/c1-16-9-13-4-2-3-7-17(13)10-11-8-12(15)5-6-14(11)18/h5-6,8,13,16,18H,2-4,7,9-10H2,1H3. The summed E-state index contributed by atoms with van der Waals surface area (Å²) < 4.78 is 13.2. The van der Waals surface area contributed by atoms with Gasteiger partial charge >= 0.3 is 0 Å². The van der Waals surface area contributed by atoms with Gasteiger partial charge in [0, 0.05) is 24.7 Å². The first-order valence-electron chi connectivity index (χ1n) is 6.56. The highest BCUT2D eigenvalue weighted by Gasteiger charge is 2.22. The molecule has 0 radical (unpaired) electrons. The van der Waals surface area contributed by atoms with Crippen LogP contribution in [0.2, 0.25) is 0 Å². The van der Waals surface area contributed by atoms with Crippen LogP contribution in [0.4, 0.5) is 4.39 Å². The largest absolute Gasteiger partial charge is 0.508 e. The maximum absolute atomic E-state index is 13.2. The molecule has 4 heteroatoms. The molecule has 0 amide bonds. The number of piperidine rings is 1. The van der Waals surface area contributed by atoms with Crippen LogP contribution in [-0.2, 0) is 6.54 Å². The van der Waals surface area contributed by atoms with E-state index in [1.165, 1.54) is 31.0 Å². The average molecular weight is 252 g/mol. The number of hydrogen-bond donors (Lipinski definition) is 2. The fourth-order valence-electron chi connectivity index (χ4n) is 2.63. The van der Waals surface area contributed by atoms with Crippen LogP contribution in [0.1, 0.15) is 24.8 Å². The molecule has 1 unspecified atom stereocenters. The molecular weight excluding hydrogens is 231 g/mol. The molecule has 3 nitrogen and oxygen atoms in total. The van der Waals surface area contributed by atoms with E-state index in [1.54, 1.807) is 0 Å². The molecule has 1 saturated heterocycles. The zero-order valence-corrected chi connectivity index (χ0v) is 10.8. The molecule has 100 valence electrons. The molecule has 1 aliphatic rings. The quantitative estimate of drug-likeness (QED) is 0.861. The second-order valence-corrected chi connectivity index (χ2v) is 4.95. The lowest BCUT2D eigenvalue weighted by molar-refractivity contribution is 0.138. The van der Waals surface area contributed by atoms with Crippen LogP contribution in [-0.4, -0.2) is 36.2 Å². The summed E-state index contributed by atoms with van der Waals surface area (Å²) in [7, 11) is 1.95. The first-order chi connectivity index (χ1) is 8.70. The van der Waals surface area contributed by atoms with E-state index in [4.69, 9.17) is 0 Å². The van der Waals surface area contributed by atoms with E-state index in [1.807, 2.05) is 7.05 Å². The third kappa shape index (κ3) is 3.21. The molecule has 18 heavy (non-hydrogen) atoms. The van der Waals surface area contributed by atoms with Gasteiger partial charge in [-0.25, -0.2) is 4.39 Å². The number of nitrogens with zero attached hydrogens (tertiary/aromatic N) is 1. The fourth-order valence-corrected chi connectivity index (χ4v) is 2.63. The third-order valence-electron chi connectivity index (χ3n) is 3.60. The number of rotatable bonds is 4. The van der Waals surface area contributed by atoms with Gasteiger partial charge in [0.05, 0.1) is 0 Å². The number of phenolic OH excluding ortho intramolecular Hbond substituents is 1. The number of hydrogen-bond acceptors (Lipinski definition) is 3. The van der Waals surface area contributed by atoms with Gasteiger partial charge in [-0.1, -0.05) is 6.42 Å². The van der Waals surface area contributed by atoms with Gasteiger partial charge in [-0.15, -0.1) is 0 Å². The van der Waals surface area contributed by atoms with E-state index in [2.05, 4.69) is 10.2 Å². The van der Waals surface area contributed by atoms with Gasteiger partial charge in [0.2, 0.25) is 0 Å². The summed E-state index contributed by atoms with van der Waals surface area (Å²) in [5, 5.41) is 13.0. The summed E-state index contributed by atoms with van der Waals surface area (Å²) in [6.07, 6.45) is 3.59. The van der Waals surface area contributed by atoms with E-state index < -0.39 is 0 Å². The Kier molecular flexibility index (Phi) is 4.55. The van der Waals surface area contributed by atoms with Crippen molar-refractivity contribution in [3.05, 3.63) is 29.6 Å². The summed E-state index contributed by atoms with van der Waals surface area (Å²) in [6, 6.07) is 4.63. The van der Waals surface area contributed by atoms with Crippen molar-refractivity contribution in [2.45, 2.75) is 31.8 Å². The van der Waals surface area contributed by atoms with E-state index in [0.29, 0.717) is 18.2 Å². The van der Waals surface area contributed by atoms with Crippen LogP contribution in [0.3, 0.4) is 0 Å². The van der Waals surface area contributed by atoms with E-state index >= 15 is 0 Å². The highest BCUT2D eigenvalue weighted by Crippen LogP contribution is 2.24. The molecule has 0 aliphatic carbocycles. The molecule has 1 aromatic carbocycles. The molecule has 0 spiro atoms. The molecule has 0 bridgehead atoms. The molecule has 0 aromatic heterocycles. The summed E-state index contributed by atoms with van der Waals surface area (Å²) in [4.78, 5) is 2.33. The molecule has 1 atom stereocenters. The normalized spacial score (nSPS) is 21.1. The zero-order chi connectivity index (χ0) is 13.0. The minimum atomic E-state index is -0.287. The molecule has 1 aliphatic heterocycles. The summed E-state index contributed by atoms with van der Waals surface area (Å²) in [5.41, 5.74) is 0.679. The van der Waals surface area contributed by atoms with Gasteiger partial charge in [0.1, 0.15) is 11.6 Å². The van der Waals surface area contributed by atoms with Crippen molar-refractivity contribution in [2.24, 2.45) is 0 Å². The molecule has 2 N–H and O–H groups in total. The molecule has 1 fully saturated rings. The van der Waals surface area contributed by atoms with Crippen molar-refractivity contribution < 1.29 is 9.50 Å². The number of phenols is 1. The monoisotopic (exact) mass is 252 g/mol.